The zero-order chi connectivity index (χ0) is 16.6. The zero-order valence-electron chi connectivity index (χ0n) is 12.5. The monoisotopic (exact) mass is 343 g/mol. The van der Waals surface area contributed by atoms with Crippen molar-refractivity contribution in [2.75, 3.05) is 17.9 Å². The Hall–Kier alpha value is -2.87. The first-order valence-corrected chi connectivity index (χ1v) is 8.73. The number of ether oxygens (including phenoxy) is 2. The minimum Gasteiger partial charge on any atom is -0.486 e. The summed E-state index contributed by atoms with van der Waals surface area (Å²) in [6.07, 6.45) is 3.14. The summed E-state index contributed by atoms with van der Waals surface area (Å²) in [5.74, 6) is 0.967. The highest BCUT2D eigenvalue weighted by atomic mass is 32.2. The number of rotatable bonds is 3. The van der Waals surface area contributed by atoms with Crippen LogP contribution in [0, 0.1) is 0 Å². The molecule has 0 saturated carbocycles. The Morgan fingerprint density at radius 2 is 1.62 bits per heavy atom. The third-order valence-electron chi connectivity index (χ3n) is 3.55. The van der Waals surface area contributed by atoms with Crippen molar-refractivity contribution in [3.05, 3.63) is 48.8 Å². The fraction of sp³-hybridized carbons (Fsp3) is 0.125. The van der Waals surface area contributed by atoms with E-state index in [2.05, 4.69) is 14.7 Å². The molecule has 8 heteroatoms. The average molecular weight is 343 g/mol. The Bertz CT molecular complexity index is 1020. The first kappa shape index (κ1) is 14.7. The van der Waals surface area contributed by atoms with Crippen molar-refractivity contribution < 1.29 is 17.9 Å². The van der Waals surface area contributed by atoms with Crippen molar-refractivity contribution >= 4 is 26.7 Å². The summed E-state index contributed by atoms with van der Waals surface area (Å²) in [6, 6.07) is 9.53. The lowest BCUT2D eigenvalue weighted by molar-refractivity contribution is 0.171. The maximum atomic E-state index is 12.6. The Labute approximate surface area is 138 Å². The molecule has 3 aromatic rings. The molecule has 1 aromatic heterocycles. The molecule has 4 rings (SSSR count). The van der Waals surface area contributed by atoms with Crippen LogP contribution in [0.3, 0.4) is 0 Å². The van der Waals surface area contributed by atoms with E-state index < -0.39 is 10.0 Å². The number of hydrogen-bond acceptors (Lipinski definition) is 6. The van der Waals surface area contributed by atoms with Crippen LogP contribution in [0.2, 0.25) is 0 Å². The summed E-state index contributed by atoms with van der Waals surface area (Å²) in [4.78, 5) is 8.43. The van der Waals surface area contributed by atoms with Gasteiger partial charge in [-0.05, 0) is 30.3 Å². The molecule has 1 aliphatic rings. The average Bonchev–Trinajstić information content (AvgIpc) is 2.61. The number of hydrogen-bond donors (Lipinski definition) is 1. The second kappa shape index (κ2) is 5.64. The summed E-state index contributed by atoms with van der Waals surface area (Å²) in [5, 5.41) is 0. The minimum atomic E-state index is -3.75. The second-order valence-corrected chi connectivity index (χ2v) is 6.85. The van der Waals surface area contributed by atoms with E-state index in [0.29, 0.717) is 41.4 Å². The quantitative estimate of drug-likeness (QED) is 0.784. The number of nitrogens with zero attached hydrogens (tertiary/aromatic N) is 2. The number of sulfonamides is 1. The molecule has 2 aromatic carbocycles. The van der Waals surface area contributed by atoms with E-state index in [9.17, 15) is 8.42 Å². The summed E-state index contributed by atoms with van der Waals surface area (Å²) in [6.45, 7) is 0.850. The topological polar surface area (TPSA) is 90.4 Å². The van der Waals surface area contributed by atoms with E-state index in [-0.39, 0.29) is 4.90 Å². The normalized spacial score (nSPS) is 13.7. The van der Waals surface area contributed by atoms with Crippen LogP contribution in [-0.2, 0) is 10.0 Å². The van der Waals surface area contributed by atoms with Crippen LogP contribution in [0.4, 0.5) is 5.69 Å². The van der Waals surface area contributed by atoms with Crippen LogP contribution >= 0.6 is 0 Å². The Morgan fingerprint density at radius 3 is 2.46 bits per heavy atom. The van der Waals surface area contributed by atoms with Crippen LogP contribution in [0.1, 0.15) is 0 Å². The molecule has 0 fully saturated rings. The third-order valence-corrected chi connectivity index (χ3v) is 4.92. The van der Waals surface area contributed by atoms with Gasteiger partial charge in [0.15, 0.2) is 11.5 Å². The highest BCUT2D eigenvalue weighted by Crippen LogP contribution is 2.32. The number of benzene rings is 2. The van der Waals surface area contributed by atoms with Gasteiger partial charge in [-0.15, -0.1) is 0 Å². The van der Waals surface area contributed by atoms with Crippen LogP contribution in [-0.4, -0.2) is 31.6 Å². The van der Waals surface area contributed by atoms with Gasteiger partial charge in [-0.1, -0.05) is 0 Å². The van der Waals surface area contributed by atoms with Gasteiger partial charge in [0, 0.05) is 18.5 Å². The van der Waals surface area contributed by atoms with E-state index in [1.807, 2.05) is 0 Å². The molecule has 0 bridgehead atoms. The Balaban J connectivity index is 1.66. The van der Waals surface area contributed by atoms with E-state index in [1.165, 1.54) is 12.1 Å². The summed E-state index contributed by atoms with van der Waals surface area (Å²) in [5.41, 5.74) is 1.72. The van der Waals surface area contributed by atoms with Gasteiger partial charge < -0.3 is 9.47 Å². The lowest BCUT2D eigenvalue weighted by Gasteiger charge is -2.19. The molecule has 0 amide bonds. The minimum absolute atomic E-state index is 0.103. The van der Waals surface area contributed by atoms with Crippen LogP contribution in [0.5, 0.6) is 11.5 Å². The predicted octanol–water partition coefficient (Wildman–Crippen LogP) is 2.20. The van der Waals surface area contributed by atoms with E-state index in [0.717, 1.165) is 0 Å². The number of anilines is 1. The fourth-order valence-electron chi connectivity index (χ4n) is 2.43. The Kier molecular flexibility index (Phi) is 3.46. The lowest BCUT2D eigenvalue weighted by Crippen LogP contribution is -2.17. The number of fused-ring (bicyclic) bond motifs is 2. The highest BCUT2D eigenvalue weighted by Gasteiger charge is 2.19. The van der Waals surface area contributed by atoms with Gasteiger partial charge in [-0.25, -0.2) is 8.42 Å². The molecule has 0 saturated heterocycles. The van der Waals surface area contributed by atoms with Crippen molar-refractivity contribution in [2.45, 2.75) is 4.90 Å². The Morgan fingerprint density at radius 1 is 0.875 bits per heavy atom. The second-order valence-electron chi connectivity index (χ2n) is 5.17. The largest absolute Gasteiger partial charge is 0.486 e. The number of nitrogens with one attached hydrogen (secondary N) is 1. The van der Waals surface area contributed by atoms with E-state index >= 15 is 0 Å². The van der Waals surface area contributed by atoms with Gasteiger partial charge in [0.25, 0.3) is 10.0 Å². The fourth-order valence-corrected chi connectivity index (χ4v) is 3.50. The van der Waals surface area contributed by atoms with E-state index in [4.69, 9.17) is 9.47 Å². The maximum absolute atomic E-state index is 12.6. The smallest absolute Gasteiger partial charge is 0.262 e. The van der Waals surface area contributed by atoms with Gasteiger partial charge in [-0.3, -0.25) is 14.7 Å². The standard InChI is InChI=1S/C16H13N3O4S/c20-24(21,12-2-4-15-16(10-12)23-8-7-22-15)19-11-1-3-13-14(9-11)18-6-5-17-13/h1-6,9-10,19H,7-8H2. The van der Waals surface area contributed by atoms with Crippen LogP contribution in [0.25, 0.3) is 11.0 Å². The first-order valence-electron chi connectivity index (χ1n) is 7.25. The molecular formula is C16H13N3O4S. The van der Waals surface area contributed by atoms with Crippen molar-refractivity contribution in [3.8, 4) is 11.5 Å². The molecule has 1 aliphatic heterocycles. The van der Waals surface area contributed by atoms with Gasteiger partial charge in [0.05, 0.1) is 21.6 Å². The maximum Gasteiger partial charge on any atom is 0.262 e. The predicted molar refractivity (Wildman–Crippen MR) is 87.8 cm³/mol. The van der Waals surface area contributed by atoms with E-state index in [1.54, 1.807) is 36.7 Å². The molecule has 0 spiro atoms. The van der Waals surface area contributed by atoms with Gasteiger partial charge >= 0.3 is 0 Å². The van der Waals surface area contributed by atoms with Crippen molar-refractivity contribution in [2.24, 2.45) is 0 Å². The molecule has 0 aliphatic carbocycles. The number of aromatic nitrogens is 2. The summed E-state index contributed by atoms with van der Waals surface area (Å²) in [7, 11) is -3.75. The zero-order valence-corrected chi connectivity index (χ0v) is 13.3. The molecule has 0 atom stereocenters. The van der Waals surface area contributed by atoms with Crippen molar-refractivity contribution in [3.63, 3.8) is 0 Å². The van der Waals surface area contributed by atoms with Crippen LogP contribution in [0.15, 0.2) is 53.7 Å². The van der Waals surface area contributed by atoms with Crippen molar-refractivity contribution in [1.29, 1.82) is 0 Å². The van der Waals surface area contributed by atoms with Gasteiger partial charge in [0.1, 0.15) is 13.2 Å². The molecular weight excluding hydrogens is 330 g/mol. The van der Waals surface area contributed by atoms with Crippen LogP contribution < -0.4 is 14.2 Å². The molecule has 1 N–H and O–H groups in total. The van der Waals surface area contributed by atoms with Gasteiger partial charge in [0.2, 0.25) is 0 Å². The molecule has 122 valence electrons. The molecule has 24 heavy (non-hydrogen) atoms. The molecule has 7 nitrogen and oxygen atoms in total. The SMILES string of the molecule is O=S(=O)(Nc1ccc2nccnc2c1)c1ccc2c(c1)OCCO2. The molecule has 0 unspecified atom stereocenters. The van der Waals surface area contributed by atoms with Crippen molar-refractivity contribution in [1.82, 2.24) is 9.97 Å². The third kappa shape index (κ3) is 2.71. The molecule has 0 radical (unpaired) electrons. The highest BCUT2D eigenvalue weighted by molar-refractivity contribution is 7.92. The molecule has 2 heterocycles. The summed E-state index contributed by atoms with van der Waals surface area (Å²) < 4.78 is 38.5. The first-order chi connectivity index (χ1) is 11.6. The van der Waals surface area contributed by atoms with Gasteiger partial charge in [-0.2, -0.15) is 0 Å². The summed E-state index contributed by atoms with van der Waals surface area (Å²) >= 11 is 0. The lowest BCUT2D eigenvalue weighted by atomic mass is 10.3.